The molecule has 1 nitrogen and oxygen atoms in total. The minimum Gasteiger partial charge on any atom is -0.281 e. The van der Waals surface area contributed by atoms with Crippen LogP contribution in [0.1, 0.15) is 0 Å². The van der Waals surface area contributed by atoms with Crippen LogP contribution in [0.25, 0.3) is 6.08 Å². The Kier molecular flexibility index (Phi) is 1.74. The van der Waals surface area contributed by atoms with Gasteiger partial charge < -0.3 is 0 Å². The molecule has 0 fully saturated rings. The van der Waals surface area contributed by atoms with Gasteiger partial charge in [0.05, 0.1) is 16.9 Å². The molecule has 11 heavy (non-hydrogen) atoms. The van der Waals surface area contributed by atoms with E-state index in [1.807, 2.05) is 18.2 Å². The predicted molar refractivity (Wildman–Crippen MR) is 49.3 cm³/mol. The molecule has 2 rings (SSSR count). The fraction of sp³-hybridized carbons (Fsp3) is 0.125. The molecule has 56 valence electrons. The van der Waals surface area contributed by atoms with Crippen LogP contribution in [-0.4, -0.2) is 6.54 Å². The molecule has 0 radical (unpaired) electrons. The van der Waals surface area contributed by atoms with Crippen molar-refractivity contribution in [1.82, 2.24) is 0 Å². The highest BCUT2D eigenvalue weighted by Crippen LogP contribution is 2.16. The molecule has 3 heteroatoms. The Morgan fingerprint density at radius 3 is 3.09 bits per heavy atom. The SMILES string of the molecule is Clc1c(Br)ccc2c1=CCN=2. The van der Waals surface area contributed by atoms with Crippen LogP contribution in [0.4, 0.5) is 0 Å². The molecule has 1 aromatic rings. The van der Waals surface area contributed by atoms with Gasteiger partial charge in [0, 0.05) is 9.69 Å². The Bertz CT molecular complexity index is 411. The summed E-state index contributed by atoms with van der Waals surface area (Å²) in [5.74, 6) is 0. The van der Waals surface area contributed by atoms with Crippen LogP contribution in [0.3, 0.4) is 0 Å². The van der Waals surface area contributed by atoms with Crippen molar-refractivity contribution in [3.05, 3.63) is 32.2 Å². The fourth-order valence-corrected chi connectivity index (χ4v) is 1.71. The number of hydrogen-bond donors (Lipinski definition) is 0. The van der Waals surface area contributed by atoms with E-state index in [1.54, 1.807) is 0 Å². The first-order chi connectivity index (χ1) is 5.29. The van der Waals surface area contributed by atoms with E-state index in [2.05, 4.69) is 20.9 Å². The van der Waals surface area contributed by atoms with E-state index in [-0.39, 0.29) is 0 Å². The molecule has 0 saturated heterocycles. The minimum absolute atomic E-state index is 0.755. The number of rotatable bonds is 0. The molecule has 1 aliphatic heterocycles. The Morgan fingerprint density at radius 2 is 2.27 bits per heavy atom. The van der Waals surface area contributed by atoms with Gasteiger partial charge in [0.2, 0.25) is 0 Å². The van der Waals surface area contributed by atoms with Gasteiger partial charge in [-0.2, -0.15) is 0 Å². The Hall–Kier alpha value is -0.340. The summed E-state index contributed by atoms with van der Waals surface area (Å²) in [7, 11) is 0. The van der Waals surface area contributed by atoms with Gasteiger partial charge in [0.1, 0.15) is 0 Å². The maximum Gasteiger partial charge on any atom is 0.0663 e. The summed E-state index contributed by atoms with van der Waals surface area (Å²) in [4.78, 5) is 4.24. The van der Waals surface area contributed by atoms with E-state index in [0.29, 0.717) is 0 Å². The van der Waals surface area contributed by atoms with Gasteiger partial charge >= 0.3 is 0 Å². The maximum atomic E-state index is 6.00. The third kappa shape index (κ3) is 1.10. The molecule has 0 saturated carbocycles. The van der Waals surface area contributed by atoms with E-state index in [4.69, 9.17) is 11.6 Å². The summed E-state index contributed by atoms with van der Waals surface area (Å²) in [5, 5.41) is 2.82. The van der Waals surface area contributed by atoms with Crippen molar-refractivity contribution in [3.8, 4) is 0 Å². The Labute approximate surface area is 77.5 Å². The predicted octanol–water partition coefficient (Wildman–Crippen LogP) is 1.52. The molecule has 1 aromatic carbocycles. The summed E-state index contributed by atoms with van der Waals surface area (Å²) >= 11 is 9.36. The summed E-state index contributed by atoms with van der Waals surface area (Å²) in [6, 6.07) is 3.89. The van der Waals surface area contributed by atoms with E-state index in [0.717, 1.165) is 26.6 Å². The fourth-order valence-electron chi connectivity index (χ4n) is 1.12. The Balaban J connectivity index is 2.95. The number of hydrogen-bond acceptors (Lipinski definition) is 1. The zero-order valence-corrected chi connectivity index (χ0v) is 7.98. The summed E-state index contributed by atoms with van der Waals surface area (Å²) in [5.41, 5.74) is 0. The van der Waals surface area contributed by atoms with Crippen molar-refractivity contribution in [2.24, 2.45) is 4.99 Å². The molecule has 0 unspecified atom stereocenters. The zero-order valence-electron chi connectivity index (χ0n) is 5.64. The van der Waals surface area contributed by atoms with Gasteiger partial charge in [-0.3, -0.25) is 4.99 Å². The van der Waals surface area contributed by atoms with E-state index >= 15 is 0 Å². The first-order valence-electron chi connectivity index (χ1n) is 3.28. The van der Waals surface area contributed by atoms with E-state index < -0.39 is 0 Å². The van der Waals surface area contributed by atoms with Crippen molar-refractivity contribution < 1.29 is 0 Å². The highest BCUT2D eigenvalue weighted by Gasteiger charge is 2.02. The smallest absolute Gasteiger partial charge is 0.0663 e. The highest BCUT2D eigenvalue weighted by atomic mass is 79.9. The first kappa shape index (κ1) is 7.32. The van der Waals surface area contributed by atoms with Crippen LogP contribution >= 0.6 is 27.5 Å². The zero-order chi connectivity index (χ0) is 7.84. The van der Waals surface area contributed by atoms with Crippen molar-refractivity contribution >= 4 is 33.6 Å². The van der Waals surface area contributed by atoms with Gasteiger partial charge in [0.25, 0.3) is 0 Å². The van der Waals surface area contributed by atoms with Crippen molar-refractivity contribution in [3.63, 3.8) is 0 Å². The molecule has 0 bridgehead atoms. The molecule has 0 atom stereocenters. The van der Waals surface area contributed by atoms with Gasteiger partial charge in [-0.05, 0) is 28.1 Å². The van der Waals surface area contributed by atoms with Gasteiger partial charge in [-0.15, -0.1) is 0 Å². The molecule has 0 aromatic heterocycles. The third-order valence-electron chi connectivity index (χ3n) is 1.67. The summed E-state index contributed by atoms with van der Waals surface area (Å²) < 4.78 is 0.936. The molecule has 1 heterocycles. The van der Waals surface area contributed by atoms with Crippen LogP contribution in [0.2, 0.25) is 5.02 Å². The minimum atomic E-state index is 0.755. The summed E-state index contributed by atoms with van der Waals surface area (Å²) in [6.07, 6.45) is 2.03. The Morgan fingerprint density at radius 1 is 1.45 bits per heavy atom. The van der Waals surface area contributed by atoms with Gasteiger partial charge in [-0.1, -0.05) is 17.7 Å². The molecule has 0 aliphatic carbocycles. The van der Waals surface area contributed by atoms with Crippen molar-refractivity contribution in [2.45, 2.75) is 0 Å². The second-order valence-corrected chi connectivity index (χ2v) is 3.57. The molecule has 0 spiro atoms. The number of benzene rings is 1. The molecule has 0 N–H and O–H groups in total. The van der Waals surface area contributed by atoms with Crippen LogP contribution in [0, 0.1) is 0 Å². The normalized spacial score (nSPS) is 13.6. The largest absolute Gasteiger partial charge is 0.281 e. The van der Waals surface area contributed by atoms with Crippen LogP contribution in [0.15, 0.2) is 21.6 Å². The lowest BCUT2D eigenvalue weighted by Gasteiger charge is -1.92. The quantitative estimate of drug-likeness (QED) is 0.641. The van der Waals surface area contributed by atoms with Crippen LogP contribution in [0.5, 0.6) is 0 Å². The van der Waals surface area contributed by atoms with Crippen molar-refractivity contribution in [1.29, 1.82) is 0 Å². The summed E-state index contributed by atoms with van der Waals surface area (Å²) in [6.45, 7) is 0.755. The highest BCUT2D eigenvalue weighted by molar-refractivity contribution is 9.10. The average molecular weight is 230 g/mol. The third-order valence-corrected chi connectivity index (χ3v) is 2.96. The maximum absolute atomic E-state index is 6.00. The first-order valence-corrected chi connectivity index (χ1v) is 4.45. The number of nitrogens with zero attached hydrogens (tertiary/aromatic N) is 1. The molecule has 0 amide bonds. The van der Waals surface area contributed by atoms with Crippen molar-refractivity contribution in [2.75, 3.05) is 6.54 Å². The lowest BCUT2D eigenvalue weighted by atomic mass is 10.3. The average Bonchev–Trinajstić information content (AvgIpc) is 2.45. The number of halogens is 2. The number of fused-ring (bicyclic) bond motifs is 1. The van der Waals surface area contributed by atoms with Crippen LogP contribution in [-0.2, 0) is 0 Å². The van der Waals surface area contributed by atoms with Gasteiger partial charge in [0.15, 0.2) is 0 Å². The molecule has 1 aliphatic rings. The monoisotopic (exact) mass is 229 g/mol. The van der Waals surface area contributed by atoms with Crippen LogP contribution < -0.4 is 10.6 Å². The van der Waals surface area contributed by atoms with E-state index in [9.17, 15) is 0 Å². The lowest BCUT2D eigenvalue weighted by Crippen LogP contribution is -2.22. The molecular weight excluding hydrogens is 225 g/mol. The standard InChI is InChI=1S/C8H5BrClN/c9-6-1-2-7-5(8(6)10)3-4-11-7/h1-3H,4H2. The lowest BCUT2D eigenvalue weighted by molar-refractivity contribution is 1.22. The second kappa shape index (κ2) is 2.61. The van der Waals surface area contributed by atoms with Gasteiger partial charge in [-0.25, -0.2) is 0 Å². The topological polar surface area (TPSA) is 12.4 Å². The molecular formula is C8H5BrClN. The second-order valence-electron chi connectivity index (χ2n) is 2.34. The van der Waals surface area contributed by atoms with E-state index in [1.165, 1.54) is 0 Å².